The zero-order valence-corrected chi connectivity index (χ0v) is 26.9. The molecule has 0 amide bonds. The van der Waals surface area contributed by atoms with E-state index in [1.807, 2.05) is 6.20 Å². The number of thiophene rings is 1. The fourth-order valence-corrected chi connectivity index (χ4v) is 7.90. The van der Waals surface area contributed by atoms with Gasteiger partial charge in [0, 0.05) is 44.1 Å². The Labute approximate surface area is 283 Å². The summed E-state index contributed by atoms with van der Waals surface area (Å²) < 4.78 is 1.22. The Bertz CT molecular complexity index is 2540. The van der Waals surface area contributed by atoms with Crippen molar-refractivity contribution in [3.05, 3.63) is 182 Å². The highest BCUT2D eigenvalue weighted by Gasteiger charge is 2.18. The first-order valence-electron chi connectivity index (χ1n) is 16.2. The van der Waals surface area contributed by atoms with Gasteiger partial charge in [-0.2, -0.15) is 0 Å². The van der Waals surface area contributed by atoms with Crippen LogP contribution in [0.15, 0.2) is 182 Å². The Hall–Kier alpha value is -6.03. The van der Waals surface area contributed by atoms with Crippen LogP contribution in [0.2, 0.25) is 0 Å². The van der Waals surface area contributed by atoms with Crippen LogP contribution in [0.4, 0.5) is 17.1 Å². The van der Waals surface area contributed by atoms with Crippen molar-refractivity contribution in [1.82, 2.24) is 4.98 Å². The standard InChI is InChI=1S/C45H30N2S/c1-4-12-31(13-5-1)32-20-22-36(23-21-32)47(37-24-26-39(33-14-6-2-7-15-33)42(28-37)34-16-8-3-9-17-34)38-25-27-41-43(29-38)48-45-44(41)40-19-11-10-18-35(40)30-46-45/h1-30H. The van der Waals surface area contributed by atoms with E-state index in [2.05, 4.69) is 181 Å². The van der Waals surface area contributed by atoms with Crippen LogP contribution >= 0.6 is 11.3 Å². The molecule has 9 aromatic rings. The summed E-state index contributed by atoms with van der Waals surface area (Å²) in [6.07, 6.45) is 1.99. The number of rotatable bonds is 6. The average molecular weight is 631 g/mol. The van der Waals surface area contributed by atoms with E-state index in [1.165, 1.54) is 59.6 Å². The van der Waals surface area contributed by atoms with Gasteiger partial charge in [-0.3, -0.25) is 0 Å². The number of nitrogens with zero attached hydrogens (tertiary/aromatic N) is 2. The van der Waals surface area contributed by atoms with Gasteiger partial charge >= 0.3 is 0 Å². The van der Waals surface area contributed by atoms with E-state index in [1.54, 1.807) is 11.3 Å². The third-order valence-electron chi connectivity index (χ3n) is 9.13. The zero-order valence-electron chi connectivity index (χ0n) is 26.1. The molecular formula is C45H30N2S. The minimum absolute atomic E-state index is 1.07. The van der Waals surface area contributed by atoms with Gasteiger partial charge < -0.3 is 4.90 Å². The van der Waals surface area contributed by atoms with E-state index in [9.17, 15) is 0 Å². The smallest absolute Gasteiger partial charge is 0.125 e. The summed E-state index contributed by atoms with van der Waals surface area (Å²) in [5, 5.41) is 4.89. The summed E-state index contributed by atoms with van der Waals surface area (Å²) in [4.78, 5) is 8.31. The number of pyridine rings is 1. The topological polar surface area (TPSA) is 16.1 Å². The summed E-state index contributed by atoms with van der Waals surface area (Å²) in [7, 11) is 0. The van der Waals surface area contributed by atoms with Crippen molar-refractivity contribution >= 4 is 59.5 Å². The monoisotopic (exact) mass is 630 g/mol. The Morgan fingerprint density at radius 2 is 0.979 bits per heavy atom. The molecule has 0 saturated heterocycles. The maximum Gasteiger partial charge on any atom is 0.125 e. The number of hydrogen-bond donors (Lipinski definition) is 0. The first-order valence-corrected chi connectivity index (χ1v) is 17.0. The molecule has 0 spiro atoms. The number of aromatic nitrogens is 1. The molecule has 0 unspecified atom stereocenters. The molecule has 2 heterocycles. The van der Waals surface area contributed by atoms with Gasteiger partial charge in [0.15, 0.2) is 0 Å². The lowest BCUT2D eigenvalue weighted by Crippen LogP contribution is -2.10. The van der Waals surface area contributed by atoms with Gasteiger partial charge in [-0.25, -0.2) is 4.98 Å². The van der Waals surface area contributed by atoms with Crippen LogP contribution in [-0.4, -0.2) is 4.98 Å². The molecule has 226 valence electrons. The molecule has 0 saturated carbocycles. The van der Waals surface area contributed by atoms with Crippen LogP contribution in [0, 0.1) is 0 Å². The Morgan fingerprint density at radius 1 is 0.417 bits per heavy atom. The fraction of sp³-hybridized carbons (Fsp3) is 0. The SMILES string of the molecule is c1ccc(-c2ccc(N(c3ccc(-c4ccccc4)c(-c4ccccc4)c3)c3ccc4c(c3)sc3ncc5ccccc5c34)cc2)cc1. The van der Waals surface area contributed by atoms with Gasteiger partial charge in [-0.05, 0) is 75.2 Å². The minimum atomic E-state index is 1.07. The molecule has 48 heavy (non-hydrogen) atoms. The highest BCUT2D eigenvalue weighted by atomic mass is 32.1. The van der Waals surface area contributed by atoms with Crippen molar-refractivity contribution in [3.63, 3.8) is 0 Å². The molecule has 0 N–H and O–H groups in total. The van der Waals surface area contributed by atoms with Crippen LogP contribution < -0.4 is 4.90 Å². The second-order valence-electron chi connectivity index (χ2n) is 12.0. The maximum atomic E-state index is 4.86. The molecule has 2 aromatic heterocycles. The van der Waals surface area contributed by atoms with E-state index in [-0.39, 0.29) is 0 Å². The second kappa shape index (κ2) is 12.0. The molecule has 2 nitrogen and oxygen atoms in total. The van der Waals surface area contributed by atoms with Gasteiger partial charge in [-0.1, -0.05) is 140 Å². The number of anilines is 3. The van der Waals surface area contributed by atoms with Crippen molar-refractivity contribution in [2.75, 3.05) is 4.90 Å². The van der Waals surface area contributed by atoms with Crippen molar-refractivity contribution < 1.29 is 0 Å². The van der Waals surface area contributed by atoms with Crippen molar-refractivity contribution in [1.29, 1.82) is 0 Å². The van der Waals surface area contributed by atoms with Crippen LogP contribution in [0.1, 0.15) is 0 Å². The summed E-state index contributed by atoms with van der Waals surface area (Å²) in [6, 6.07) is 63.1. The fourth-order valence-electron chi connectivity index (χ4n) is 6.81. The van der Waals surface area contributed by atoms with Crippen LogP contribution in [0.5, 0.6) is 0 Å². The predicted octanol–water partition coefficient (Wildman–Crippen LogP) is 13.1. The van der Waals surface area contributed by atoms with E-state index < -0.39 is 0 Å². The molecule has 0 atom stereocenters. The van der Waals surface area contributed by atoms with Crippen LogP contribution in [0.3, 0.4) is 0 Å². The van der Waals surface area contributed by atoms with Crippen molar-refractivity contribution in [2.24, 2.45) is 0 Å². The summed E-state index contributed by atoms with van der Waals surface area (Å²) in [5.74, 6) is 0. The normalized spacial score (nSPS) is 11.3. The first-order chi connectivity index (χ1) is 23.8. The zero-order chi connectivity index (χ0) is 31.9. The number of benzene rings is 7. The maximum absolute atomic E-state index is 4.86. The van der Waals surface area contributed by atoms with Crippen molar-refractivity contribution in [3.8, 4) is 33.4 Å². The van der Waals surface area contributed by atoms with E-state index in [4.69, 9.17) is 4.98 Å². The summed E-state index contributed by atoms with van der Waals surface area (Å²) in [6.45, 7) is 0. The van der Waals surface area contributed by atoms with Crippen LogP contribution in [-0.2, 0) is 0 Å². The molecule has 0 bridgehead atoms. The molecule has 0 aliphatic rings. The third-order valence-corrected chi connectivity index (χ3v) is 10.2. The van der Waals surface area contributed by atoms with E-state index in [0.717, 1.165) is 21.9 Å². The summed E-state index contributed by atoms with van der Waals surface area (Å²) in [5.41, 5.74) is 10.5. The highest BCUT2D eigenvalue weighted by molar-refractivity contribution is 7.25. The molecule has 7 aromatic carbocycles. The summed E-state index contributed by atoms with van der Waals surface area (Å²) >= 11 is 1.76. The second-order valence-corrected chi connectivity index (χ2v) is 13.0. The quantitative estimate of drug-likeness (QED) is 0.182. The largest absolute Gasteiger partial charge is 0.310 e. The number of fused-ring (bicyclic) bond motifs is 5. The van der Waals surface area contributed by atoms with Gasteiger partial charge in [-0.15, -0.1) is 11.3 Å². The molecule has 0 fully saturated rings. The third kappa shape index (κ3) is 5.02. The minimum Gasteiger partial charge on any atom is -0.310 e. The van der Waals surface area contributed by atoms with Gasteiger partial charge in [0.1, 0.15) is 4.83 Å². The predicted molar refractivity (Wildman–Crippen MR) is 206 cm³/mol. The van der Waals surface area contributed by atoms with Gasteiger partial charge in [0.05, 0.1) is 0 Å². The highest BCUT2D eigenvalue weighted by Crippen LogP contribution is 2.44. The lowest BCUT2D eigenvalue weighted by molar-refractivity contribution is 1.29. The van der Waals surface area contributed by atoms with Gasteiger partial charge in [0.25, 0.3) is 0 Å². The molecule has 0 aliphatic heterocycles. The van der Waals surface area contributed by atoms with Gasteiger partial charge in [0.2, 0.25) is 0 Å². The molecule has 0 aliphatic carbocycles. The average Bonchev–Trinajstić information content (AvgIpc) is 3.55. The Kier molecular flexibility index (Phi) is 7.03. The lowest BCUT2D eigenvalue weighted by atomic mass is 9.93. The van der Waals surface area contributed by atoms with Crippen LogP contribution in [0.25, 0.3) is 64.5 Å². The molecular weight excluding hydrogens is 601 g/mol. The molecule has 9 rings (SSSR count). The van der Waals surface area contributed by atoms with Crippen molar-refractivity contribution in [2.45, 2.75) is 0 Å². The lowest BCUT2D eigenvalue weighted by Gasteiger charge is -2.27. The Balaban J connectivity index is 1.24. The van der Waals surface area contributed by atoms with E-state index >= 15 is 0 Å². The van der Waals surface area contributed by atoms with E-state index in [0.29, 0.717) is 0 Å². The Morgan fingerprint density at radius 3 is 1.71 bits per heavy atom. The number of hydrogen-bond acceptors (Lipinski definition) is 3. The first kappa shape index (κ1) is 28.2. The molecule has 3 heteroatoms. The molecule has 0 radical (unpaired) electrons.